The fraction of sp³-hybridized carbons (Fsp3) is 0.167. The number of unbranched alkanes of at least 4 members (excludes halogenated alkanes) is 1. The average Bonchev–Trinajstić information content (AvgIpc) is 2.81. The van der Waals surface area contributed by atoms with Gasteiger partial charge in [-0.15, -0.1) is 0 Å². The second-order valence-electron chi connectivity index (χ2n) is 6.89. The lowest BCUT2D eigenvalue weighted by Crippen LogP contribution is -2.29. The van der Waals surface area contributed by atoms with Crippen molar-refractivity contribution in [3.05, 3.63) is 95.9 Å². The van der Waals surface area contributed by atoms with Gasteiger partial charge in [0, 0.05) is 11.6 Å². The number of amides is 1. The van der Waals surface area contributed by atoms with Gasteiger partial charge < -0.3 is 9.80 Å². The number of rotatable bonds is 5. The number of anilines is 3. The largest absolute Gasteiger partial charge is 0.339 e. The van der Waals surface area contributed by atoms with Crippen molar-refractivity contribution in [2.45, 2.75) is 19.4 Å². The minimum atomic E-state index is 0.000138. The second-order valence-corrected chi connectivity index (χ2v) is 7.32. The van der Waals surface area contributed by atoms with Gasteiger partial charge in [-0.1, -0.05) is 67.4 Å². The Morgan fingerprint density at radius 3 is 2.36 bits per heavy atom. The Kier molecular flexibility index (Phi) is 5.36. The molecule has 0 unspecified atom stereocenters. The zero-order valence-electron chi connectivity index (χ0n) is 15.6. The minimum absolute atomic E-state index is 0.000138. The van der Waals surface area contributed by atoms with Crippen LogP contribution in [-0.2, 0) is 6.54 Å². The minimum Gasteiger partial charge on any atom is -0.339 e. The Balaban J connectivity index is 1.89. The van der Waals surface area contributed by atoms with Crippen LogP contribution in [0.15, 0.2) is 72.8 Å². The van der Waals surface area contributed by atoms with E-state index in [0.717, 1.165) is 42.0 Å². The summed E-state index contributed by atoms with van der Waals surface area (Å²) < 4.78 is 0. The van der Waals surface area contributed by atoms with E-state index in [1.165, 1.54) is 0 Å². The summed E-state index contributed by atoms with van der Waals surface area (Å²) >= 11 is 6.36. The van der Waals surface area contributed by atoms with Crippen molar-refractivity contribution in [1.29, 1.82) is 0 Å². The Bertz CT molecular complexity index is 987. The summed E-state index contributed by atoms with van der Waals surface area (Å²) in [5.74, 6) is 0.000138. The molecular weight excluding hydrogens is 368 g/mol. The smallest absolute Gasteiger partial charge is 0.260 e. The molecule has 3 nitrogen and oxygen atoms in total. The molecule has 3 aromatic carbocycles. The molecule has 1 amide bonds. The molecule has 0 fully saturated rings. The van der Waals surface area contributed by atoms with Crippen molar-refractivity contribution in [2.24, 2.45) is 0 Å². The van der Waals surface area contributed by atoms with Crippen molar-refractivity contribution in [3.8, 4) is 0 Å². The maximum Gasteiger partial charge on any atom is 0.260 e. The first-order chi connectivity index (χ1) is 13.7. The van der Waals surface area contributed by atoms with Gasteiger partial charge in [-0.05, 0) is 42.3 Å². The second kappa shape index (κ2) is 8.07. The van der Waals surface area contributed by atoms with E-state index in [9.17, 15) is 4.79 Å². The van der Waals surface area contributed by atoms with Crippen LogP contribution >= 0.6 is 11.6 Å². The van der Waals surface area contributed by atoms with Crippen LogP contribution in [0, 0.1) is 6.92 Å². The molecule has 0 saturated carbocycles. The highest BCUT2D eigenvalue weighted by Crippen LogP contribution is 2.42. The molecule has 1 aliphatic rings. The van der Waals surface area contributed by atoms with Gasteiger partial charge >= 0.3 is 0 Å². The standard InChI is InChI=1S/C24H22ClN2O/c1-2-3-15-26-21-12-8-7-11-20(21)24(28)27(17-18-9-5-4-6-10-18)22-14-13-19(25)16-23(22)26/h4-14,16H,1-3,15,17H2. The van der Waals surface area contributed by atoms with Crippen molar-refractivity contribution >= 4 is 34.6 Å². The van der Waals surface area contributed by atoms with E-state index < -0.39 is 0 Å². The first-order valence-corrected chi connectivity index (χ1v) is 9.88. The van der Waals surface area contributed by atoms with Crippen LogP contribution in [0.3, 0.4) is 0 Å². The molecule has 28 heavy (non-hydrogen) atoms. The van der Waals surface area contributed by atoms with Gasteiger partial charge in [-0.25, -0.2) is 0 Å². The van der Waals surface area contributed by atoms with Gasteiger partial charge in [0.05, 0.1) is 29.2 Å². The molecule has 0 saturated heterocycles. The highest BCUT2D eigenvalue weighted by atomic mass is 35.5. The Labute approximate surface area is 171 Å². The molecule has 0 aromatic heterocycles. The lowest BCUT2D eigenvalue weighted by molar-refractivity contribution is 0.0986. The summed E-state index contributed by atoms with van der Waals surface area (Å²) in [6.07, 6.45) is 1.75. The molecular formula is C24H22ClN2O. The van der Waals surface area contributed by atoms with E-state index in [2.05, 4.69) is 11.8 Å². The lowest BCUT2D eigenvalue weighted by atomic mass is 10.1. The first kappa shape index (κ1) is 18.6. The average molecular weight is 390 g/mol. The van der Waals surface area contributed by atoms with Crippen molar-refractivity contribution in [1.82, 2.24) is 0 Å². The SMILES string of the molecule is [CH2]CCCN1c2ccccc2C(=O)N(Cc2ccccc2)c2ccc(Cl)cc21. The highest BCUT2D eigenvalue weighted by molar-refractivity contribution is 6.31. The van der Waals surface area contributed by atoms with Crippen LogP contribution in [-0.4, -0.2) is 12.5 Å². The third kappa shape index (κ3) is 3.50. The molecule has 1 aliphatic heterocycles. The summed E-state index contributed by atoms with van der Waals surface area (Å²) in [6.45, 7) is 5.26. The number of fused-ring (bicyclic) bond motifs is 2. The summed E-state index contributed by atoms with van der Waals surface area (Å²) in [6, 6.07) is 23.6. The number of carbonyl (C=O) groups excluding carboxylic acids is 1. The normalized spacial score (nSPS) is 13.1. The third-order valence-electron chi connectivity index (χ3n) is 5.00. The number of hydrogen-bond acceptors (Lipinski definition) is 2. The molecule has 4 heteroatoms. The maximum atomic E-state index is 13.6. The molecule has 0 bridgehead atoms. The van der Waals surface area contributed by atoms with Crippen LogP contribution in [0.1, 0.15) is 28.8 Å². The van der Waals surface area contributed by atoms with Gasteiger partial charge in [0.25, 0.3) is 5.91 Å². The van der Waals surface area contributed by atoms with Gasteiger partial charge in [-0.2, -0.15) is 0 Å². The highest BCUT2D eigenvalue weighted by Gasteiger charge is 2.30. The summed E-state index contributed by atoms with van der Waals surface area (Å²) in [4.78, 5) is 17.6. The van der Waals surface area contributed by atoms with Crippen LogP contribution in [0.4, 0.5) is 17.1 Å². The number of carbonyl (C=O) groups is 1. The molecule has 1 heterocycles. The first-order valence-electron chi connectivity index (χ1n) is 9.50. The molecule has 1 radical (unpaired) electrons. The molecule has 141 valence electrons. The number of nitrogens with zero attached hydrogens (tertiary/aromatic N) is 2. The van der Waals surface area contributed by atoms with Crippen molar-refractivity contribution in [2.75, 3.05) is 16.3 Å². The zero-order chi connectivity index (χ0) is 19.5. The molecule has 0 aliphatic carbocycles. The molecule has 3 aromatic rings. The maximum absolute atomic E-state index is 13.6. The summed E-state index contributed by atoms with van der Waals surface area (Å²) in [7, 11) is 0. The Morgan fingerprint density at radius 2 is 1.57 bits per heavy atom. The number of hydrogen-bond donors (Lipinski definition) is 0. The Morgan fingerprint density at radius 1 is 0.821 bits per heavy atom. The van der Waals surface area contributed by atoms with E-state index in [1.807, 2.05) is 77.7 Å². The topological polar surface area (TPSA) is 23.6 Å². The van der Waals surface area contributed by atoms with E-state index in [1.54, 1.807) is 0 Å². The lowest BCUT2D eigenvalue weighted by Gasteiger charge is -2.27. The number of benzene rings is 3. The predicted octanol–water partition coefficient (Wildman–Crippen LogP) is 6.25. The van der Waals surface area contributed by atoms with E-state index in [4.69, 9.17) is 11.6 Å². The molecule has 0 N–H and O–H groups in total. The van der Waals surface area contributed by atoms with E-state index in [0.29, 0.717) is 17.1 Å². The van der Waals surface area contributed by atoms with Crippen molar-refractivity contribution in [3.63, 3.8) is 0 Å². The van der Waals surface area contributed by atoms with Gasteiger partial charge in [0.1, 0.15) is 0 Å². The number of para-hydroxylation sites is 1. The monoisotopic (exact) mass is 389 g/mol. The fourth-order valence-electron chi connectivity index (χ4n) is 3.65. The van der Waals surface area contributed by atoms with Crippen LogP contribution in [0.25, 0.3) is 0 Å². The predicted molar refractivity (Wildman–Crippen MR) is 116 cm³/mol. The molecule has 0 spiro atoms. The summed E-state index contributed by atoms with van der Waals surface area (Å²) in [5, 5.41) is 0.657. The third-order valence-corrected chi connectivity index (χ3v) is 5.24. The van der Waals surface area contributed by atoms with E-state index >= 15 is 0 Å². The molecule has 0 atom stereocenters. The van der Waals surface area contributed by atoms with Crippen LogP contribution in [0.2, 0.25) is 5.02 Å². The van der Waals surface area contributed by atoms with Gasteiger partial charge in [0.15, 0.2) is 0 Å². The quantitative estimate of drug-likeness (QED) is 0.514. The summed E-state index contributed by atoms with van der Waals surface area (Å²) in [5.41, 5.74) is 4.53. The van der Waals surface area contributed by atoms with Gasteiger partial charge in [-0.3, -0.25) is 4.79 Å². The zero-order valence-corrected chi connectivity index (χ0v) is 16.4. The van der Waals surface area contributed by atoms with Gasteiger partial charge in [0.2, 0.25) is 0 Å². The molecule has 4 rings (SSSR count). The van der Waals surface area contributed by atoms with E-state index in [-0.39, 0.29) is 5.91 Å². The van der Waals surface area contributed by atoms with Crippen LogP contribution in [0.5, 0.6) is 0 Å². The number of halogens is 1. The Hall–Kier alpha value is -2.78. The fourth-order valence-corrected chi connectivity index (χ4v) is 3.82. The van der Waals surface area contributed by atoms with Crippen molar-refractivity contribution < 1.29 is 4.79 Å². The van der Waals surface area contributed by atoms with Crippen LogP contribution < -0.4 is 9.80 Å².